The molecule has 0 aliphatic carbocycles. The maximum atomic E-state index is 4.48. The van der Waals surface area contributed by atoms with Gasteiger partial charge in [-0.05, 0) is 25.8 Å². The highest BCUT2D eigenvalue weighted by molar-refractivity contribution is 5.47. The fraction of sp³-hybridized carbons (Fsp3) is 0.538. The molecule has 0 unspecified atom stereocenters. The van der Waals surface area contributed by atoms with E-state index in [-0.39, 0.29) is 0 Å². The third-order valence-electron chi connectivity index (χ3n) is 2.97. The molecule has 0 aromatic carbocycles. The second-order valence-corrected chi connectivity index (χ2v) is 4.68. The molecule has 2 aromatic heterocycles. The van der Waals surface area contributed by atoms with E-state index in [4.69, 9.17) is 0 Å². The van der Waals surface area contributed by atoms with E-state index in [1.54, 1.807) is 0 Å². The van der Waals surface area contributed by atoms with Crippen molar-refractivity contribution in [3.05, 3.63) is 29.2 Å². The van der Waals surface area contributed by atoms with Crippen LogP contribution in [0.2, 0.25) is 0 Å². The van der Waals surface area contributed by atoms with E-state index < -0.39 is 0 Å². The SMILES string of the molecule is CCCNc1c(Cn2cc(C)cn2)c(C)nn1C. The summed E-state index contributed by atoms with van der Waals surface area (Å²) in [4.78, 5) is 0. The van der Waals surface area contributed by atoms with Gasteiger partial charge in [-0.3, -0.25) is 9.36 Å². The van der Waals surface area contributed by atoms with Crippen LogP contribution in [0.5, 0.6) is 0 Å². The van der Waals surface area contributed by atoms with Gasteiger partial charge in [-0.2, -0.15) is 10.2 Å². The van der Waals surface area contributed by atoms with Gasteiger partial charge in [-0.15, -0.1) is 0 Å². The van der Waals surface area contributed by atoms with E-state index in [1.165, 1.54) is 11.1 Å². The van der Waals surface area contributed by atoms with Gasteiger partial charge < -0.3 is 5.32 Å². The molecular formula is C13H21N5. The number of hydrogen-bond acceptors (Lipinski definition) is 3. The summed E-state index contributed by atoms with van der Waals surface area (Å²) in [7, 11) is 1.98. The van der Waals surface area contributed by atoms with Crippen LogP contribution < -0.4 is 5.32 Å². The Labute approximate surface area is 108 Å². The van der Waals surface area contributed by atoms with Crippen LogP contribution in [-0.2, 0) is 13.6 Å². The van der Waals surface area contributed by atoms with Crippen molar-refractivity contribution >= 4 is 5.82 Å². The molecule has 2 heterocycles. The van der Waals surface area contributed by atoms with Crippen LogP contribution in [0.25, 0.3) is 0 Å². The van der Waals surface area contributed by atoms with Gasteiger partial charge in [-0.25, -0.2) is 0 Å². The molecule has 0 radical (unpaired) electrons. The highest BCUT2D eigenvalue weighted by atomic mass is 15.3. The minimum absolute atomic E-state index is 0.763. The van der Waals surface area contributed by atoms with E-state index in [0.29, 0.717) is 0 Å². The predicted molar refractivity (Wildman–Crippen MR) is 72.8 cm³/mol. The van der Waals surface area contributed by atoms with Crippen molar-refractivity contribution in [2.45, 2.75) is 33.7 Å². The number of hydrogen-bond donors (Lipinski definition) is 1. The maximum Gasteiger partial charge on any atom is 0.129 e. The molecule has 0 saturated carbocycles. The number of nitrogens with zero attached hydrogens (tertiary/aromatic N) is 4. The van der Waals surface area contributed by atoms with Gasteiger partial charge in [0.25, 0.3) is 0 Å². The molecule has 0 aliphatic rings. The number of aryl methyl sites for hydroxylation is 3. The lowest BCUT2D eigenvalue weighted by molar-refractivity contribution is 0.683. The highest BCUT2D eigenvalue weighted by Gasteiger charge is 2.13. The van der Waals surface area contributed by atoms with E-state index in [1.807, 2.05) is 29.5 Å². The van der Waals surface area contributed by atoms with Crippen LogP contribution in [0.15, 0.2) is 12.4 Å². The van der Waals surface area contributed by atoms with Crippen molar-refractivity contribution in [1.29, 1.82) is 0 Å². The number of aromatic nitrogens is 4. The molecule has 98 valence electrons. The molecular weight excluding hydrogens is 226 g/mol. The van der Waals surface area contributed by atoms with E-state index in [0.717, 1.165) is 31.0 Å². The van der Waals surface area contributed by atoms with Crippen molar-refractivity contribution in [3.8, 4) is 0 Å². The summed E-state index contributed by atoms with van der Waals surface area (Å²) in [5, 5.41) is 12.3. The Kier molecular flexibility index (Phi) is 3.69. The summed E-state index contributed by atoms with van der Waals surface area (Å²) < 4.78 is 3.87. The lowest BCUT2D eigenvalue weighted by Gasteiger charge is -2.09. The molecule has 1 N–H and O–H groups in total. The summed E-state index contributed by atoms with van der Waals surface area (Å²) >= 11 is 0. The molecule has 0 fully saturated rings. The Morgan fingerprint density at radius 1 is 1.33 bits per heavy atom. The maximum absolute atomic E-state index is 4.48. The first-order chi connectivity index (χ1) is 8.61. The topological polar surface area (TPSA) is 47.7 Å². The fourth-order valence-electron chi connectivity index (χ4n) is 2.07. The summed E-state index contributed by atoms with van der Waals surface area (Å²) in [5.74, 6) is 1.10. The molecule has 0 saturated heterocycles. The van der Waals surface area contributed by atoms with Crippen molar-refractivity contribution in [2.24, 2.45) is 7.05 Å². The monoisotopic (exact) mass is 247 g/mol. The highest BCUT2D eigenvalue weighted by Crippen LogP contribution is 2.19. The minimum atomic E-state index is 0.763. The van der Waals surface area contributed by atoms with E-state index in [9.17, 15) is 0 Å². The summed E-state index contributed by atoms with van der Waals surface area (Å²) in [6, 6.07) is 0. The molecule has 5 heteroatoms. The zero-order valence-corrected chi connectivity index (χ0v) is 11.6. The Morgan fingerprint density at radius 3 is 2.72 bits per heavy atom. The second-order valence-electron chi connectivity index (χ2n) is 4.68. The number of nitrogens with one attached hydrogen (secondary N) is 1. The summed E-state index contributed by atoms with van der Waals surface area (Å²) in [6.45, 7) is 7.98. The van der Waals surface area contributed by atoms with E-state index >= 15 is 0 Å². The standard InChI is InChI=1S/C13H21N5/c1-5-6-14-13-12(11(3)16-17(13)4)9-18-8-10(2)7-15-18/h7-8,14H,5-6,9H2,1-4H3. The first kappa shape index (κ1) is 12.7. The van der Waals surface area contributed by atoms with Crippen molar-refractivity contribution < 1.29 is 0 Å². The average molecular weight is 247 g/mol. The summed E-state index contributed by atoms with van der Waals surface area (Å²) in [6.07, 6.45) is 5.03. The lowest BCUT2D eigenvalue weighted by Crippen LogP contribution is -2.09. The molecule has 2 aromatic rings. The van der Waals surface area contributed by atoms with Crippen LogP contribution in [0.1, 0.15) is 30.2 Å². The minimum Gasteiger partial charge on any atom is -0.370 e. The van der Waals surface area contributed by atoms with Crippen molar-refractivity contribution in [2.75, 3.05) is 11.9 Å². The molecule has 0 amide bonds. The lowest BCUT2D eigenvalue weighted by atomic mass is 10.2. The Balaban J connectivity index is 2.25. The van der Waals surface area contributed by atoms with Crippen molar-refractivity contribution in [1.82, 2.24) is 19.6 Å². The van der Waals surface area contributed by atoms with Gasteiger partial charge in [0.1, 0.15) is 5.82 Å². The van der Waals surface area contributed by atoms with Gasteiger partial charge in [0.2, 0.25) is 0 Å². The molecule has 0 spiro atoms. The first-order valence-corrected chi connectivity index (χ1v) is 6.37. The molecule has 0 aliphatic heterocycles. The van der Waals surface area contributed by atoms with Crippen LogP contribution in [-0.4, -0.2) is 26.1 Å². The van der Waals surface area contributed by atoms with Crippen LogP contribution in [0.4, 0.5) is 5.82 Å². The first-order valence-electron chi connectivity index (χ1n) is 6.37. The Hall–Kier alpha value is -1.78. The quantitative estimate of drug-likeness (QED) is 0.880. The van der Waals surface area contributed by atoms with Gasteiger partial charge in [0.15, 0.2) is 0 Å². The average Bonchev–Trinajstić information content (AvgIpc) is 2.83. The summed E-state index contributed by atoms with van der Waals surface area (Å²) in [5.41, 5.74) is 3.46. The van der Waals surface area contributed by atoms with Gasteiger partial charge in [-0.1, -0.05) is 6.92 Å². The van der Waals surface area contributed by atoms with Crippen LogP contribution in [0.3, 0.4) is 0 Å². The molecule has 0 bridgehead atoms. The zero-order valence-electron chi connectivity index (χ0n) is 11.6. The largest absolute Gasteiger partial charge is 0.370 e. The van der Waals surface area contributed by atoms with Crippen molar-refractivity contribution in [3.63, 3.8) is 0 Å². The molecule has 0 atom stereocenters. The van der Waals surface area contributed by atoms with E-state index in [2.05, 4.69) is 35.6 Å². The number of rotatable bonds is 5. The Bertz CT molecular complexity index is 523. The molecule has 5 nitrogen and oxygen atoms in total. The zero-order chi connectivity index (χ0) is 13.1. The second kappa shape index (κ2) is 5.25. The van der Waals surface area contributed by atoms with Gasteiger partial charge in [0, 0.05) is 25.4 Å². The molecule has 18 heavy (non-hydrogen) atoms. The fourth-order valence-corrected chi connectivity index (χ4v) is 2.07. The normalized spacial score (nSPS) is 10.9. The third kappa shape index (κ3) is 2.55. The van der Waals surface area contributed by atoms with Crippen LogP contribution in [0, 0.1) is 13.8 Å². The van der Waals surface area contributed by atoms with Gasteiger partial charge in [0.05, 0.1) is 18.4 Å². The molecule has 2 rings (SSSR count). The Morgan fingerprint density at radius 2 is 2.11 bits per heavy atom. The third-order valence-corrected chi connectivity index (χ3v) is 2.97. The van der Waals surface area contributed by atoms with Crippen LogP contribution >= 0.6 is 0 Å². The van der Waals surface area contributed by atoms with Gasteiger partial charge >= 0.3 is 0 Å². The number of anilines is 1. The predicted octanol–water partition coefficient (Wildman–Crippen LogP) is 2.10. The smallest absolute Gasteiger partial charge is 0.129 e.